The van der Waals surface area contributed by atoms with Gasteiger partial charge < -0.3 is 10.3 Å². The van der Waals surface area contributed by atoms with Crippen LogP contribution in [0.4, 0.5) is 5.69 Å². The van der Waals surface area contributed by atoms with Gasteiger partial charge >= 0.3 is 0 Å². The number of amides is 1. The van der Waals surface area contributed by atoms with Crippen molar-refractivity contribution in [1.82, 2.24) is 20.2 Å². The molecule has 27 heavy (non-hydrogen) atoms. The number of nitrogens with one attached hydrogen (secondary N) is 3. The molecule has 0 unspecified atom stereocenters. The minimum Gasteiger partial charge on any atom is -0.361 e. The average Bonchev–Trinajstić information content (AvgIpc) is 3.37. The molecule has 0 radical (unpaired) electrons. The van der Waals surface area contributed by atoms with Gasteiger partial charge in [0.2, 0.25) is 0 Å². The van der Waals surface area contributed by atoms with Crippen LogP contribution in [-0.2, 0) is 0 Å². The third-order valence-corrected chi connectivity index (χ3v) is 4.59. The van der Waals surface area contributed by atoms with Crippen molar-refractivity contribution in [2.24, 2.45) is 0 Å². The monoisotopic (exact) mass is 353 g/mol. The number of benzene rings is 2. The van der Waals surface area contributed by atoms with Gasteiger partial charge in [-0.2, -0.15) is 5.10 Å². The molecule has 0 saturated carbocycles. The number of H-pyrrole nitrogens is 2. The van der Waals surface area contributed by atoms with Crippen LogP contribution in [0, 0.1) is 0 Å². The summed E-state index contributed by atoms with van der Waals surface area (Å²) in [7, 11) is 0. The molecule has 0 fully saturated rings. The lowest BCUT2D eigenvalue weighted by Crippen LogP contribution is -2.13. The maximum Gasteiger partial charge on any atom is 0.274 e. The molecule has 3 heterocycles. The summed E-state index contributed by atoms with van der Waals surface area (Å²) in [6, 6.07) is 17.5. The molecule has 6 heteroatoms. The predicted molar refractivity (Wildman–Crippen MR) is 106 cm³/mol. The lowest BCUT2D eigenvalue weighted by molar-refractivity contribution is 0.102. The van der Waals surface area contributed by atoms with Crippen molar-refractivity contribution in [2.75, 3.05) is 5.32 Å². The zero-order valence-corrected chi connectivity index (χ0v) is 14.2. The van der Waals surface area contributed by atoms with Crippen LogP contribution in [0.25, 0.3) is 32.9 Å². The minimum absolute atomic E-state index is 0.255. The van der Waals surface area contributed by atoms with Crippen LogP contribution in [0.2, 0.25) is 0 Å². The number of hydrogen-bond acceptors (Lipinski definition) is 3. The molecule has 0 saturated heterocycles. The lowest BCUT2D eigenvalue weighted by Gasteiger charge is -2.10. The molecule has 0 atom stereocenters. The molecule has 2 aromatic carbocycles. The number of nitrogens with zero attached hydrogens (tertiary/aromatic N) is 2. The highest BCUT2D eigenvalue weighted by Gasteiger charge is 2.13. The summed E-state index contributed by atoms with van der Waals surface area (Å²) in [5.74, 6) is -0.255. The van der Waals surface area contributed by atoms with E-state index in [0.29, 0.717) is 11.4 Å². The van der Waals surface area contributed by atoms with E-state index in [4.69, 9.17) is 0 Å². The number of hydrogen-bond donors (Lipinski definition) is 3. The number of pyridine rings is 1. The highest BCUT2D eigenvalue weighted by Crippen LogP contribution is 2.31. The fourth-order valence-electron chi connectivity index (χ4n) is 3.23. The second-order valence-electron chi connectivity index (χ2n) is 6.30. The van der Waals surface area contributed by atoms with Gasteiger partial charge in [-0.1, -0.05) is 18.2 Å². The third kappa shape index (κ3) is 2.73. The van der Waals surface area contributed by atoms with Gasteiger partial charge in [-0.3, -0.25) is 14.9 Å². The van der Waals surface area contributed by atoms with Crippen LogP contribution in [-0.4, -0.2) is 26.1 Å². The van der Waals surface area contributed by atoms with Crippen LogP contribution in [0.15, 0.2) is 73.2 Å². The molecule has 0 bridgehead atoms. The van der Waals surface area contributed by atoms with Gasteiger partial charge in [0.15, 0.2) is 0 Å². The lowest BCUT2D eigenvalue weighted by atomic mass is 10.0. The Balaban J connectivity index is 1.59. The van der Waals surface area contributed by atoms with E-state index < -0.39 is 0 Å². The van der Waals surface area contributed by atoms with E-state index >= 15 is 0 Å². The Morgan fingerprint density at radius 1 is 0.963 bits per heavy atom. The van der Waals surface area contributed by atoms with Gasteiger partial charge in [0.25, 0.3) is 5.91 Å². The summed E-state index contributed by atoms with van der Waals surface area (Å²) in [5.41, 5.74) is 5.02. The fraction of sp³-hybridized carbons (Fsp3) is 0. The van der Waals surface area contributed by atoms with E-state index in [1.807, 2.05) is 24.4 Å². The number of carbonyl (C=O) groups excluding carboxylic acids is 1. The van der Waals surface area contributed by atoms with Gasteiger partial charge in [0.1, 0.15) is 5.69 Å². The van der Waals surface area contributed by atoms with E-state index in [1.54, 1.807) is 30.6 Å². The maximum atomic E-state index is 12.6. The third-order valence-electron chi connectivity index (χ3n) is 4.59. The second kappa shape index (κ2) is 6.10. The summed E-state index contributed by atoms with van der Waals surface area (Å²) in [4.78, 5) is 19.9. The first-order valence-corrected chi connectivity index (χ1v) is 8.55. The number of fused-ring (bicyclic) bond motifs is 2. The summed E-state index contributed by atoms with van der Waals surface area (Å²) in [6.07, 6.45) is 5.23. The van der Waals surface area contributed by atoms with Gasteiger partial charge in [-0.05, 0) is 52.9 Å². The smallest absolute Gasteiger partial charge is 0.274 e. The molecule has 130 valence electrons. The average molecular weight is 353 g/mol. The van der Waals surface area contributed by atoms with E-state index in [0.717, 1.165) is 32.9 Å². The van der Waals surface area contributed by atoms with Gasteiger partial charge in [-0.25, -0.2) is 0 Å². The molecule has 5 rings (SSSR count). The van der Waals surface area contributed by atoms with Crippen LogP contribution < -0.4 is 5.32 Å². The number of rotatable bonds is 3. The standard InChI is InChI=1S/C21H15N5O/c27-21(17-3-1-2-7-22-17)25-19-10-15(11-20-16(19)12-24-26-20)14-5-4-13-6-8-23-18(13)9-14/h1-12,23H,(H,24,26)(H,25,27). The van der Waals surface area contributed by atoms with Crippen molar-refractivity contribution < 1.29 is 4.79 Å². The molecule has 5 aromatic rings. The van der Waals surface area contributed by atoms with E-state index in [2.05, 4.69) is 43.7 Å². The molecular formula is C21H15N5O. The van der Waals surface area contributed by atoms with Crippen LogP contribution >= 0.6 is 0 Å². The zero-order chi connectivity index (χ0) is 18.2. The predicted octanol–water partition coefficient (Wildman–Crippen LogP) is 4.36. The first kappa shape index (κ1) is 15.3. The highest BCUT2D eigenvalue weighted by molar-refractivity contribution is 6.08. The zero-order valence-electron chi connectivity index (χ0n) is 14.2. The van der Waals surface area contributed by atoms with E-state index in [-0.39, 0.29) is 5.91 Å². The number of carbonyl (C=O) groups is 1. The maximum absolute atomic E-state index is 12.6. The van der Waals surface area contributed by atoms with Crippen LogP contribution in [0.3, 0.4) is 0 Å². The summed E-state index contributed by atoms with van der Waals surface area (Å²) in [5, 5.41) is 12.1. The molecule has 0 aliphatic heterocycles. The Morgan fingerprint density at radius 2 is 1.89 bits per heavy atom. The molecule has 0 aliphatic rings. The Morgan fingerprint density at radius 3 is 2.78 bits per heavy atom. The van der Waals surface area contributed by atoms with Crippen molar-refractivity contribution >= 4 is 33.4 Å². The summed E-state index contributed by atoms with van der Waals surface area (Å²) >= 11 is 0. The minimum atomic E-state index is -0.255. The molecule has 0 spiro atoms. The van der Waals surface area contributed by atoms with E-state index in [9.17, 15) is 4.79 Å². The van der Waals surface area contributed by atoms with Gasteiger partial charge in [0, 0.05) is 23.3 Å². The van der Waals surface area contributed by atoms with Crippen molar-refractivity contribution in [3.63, 3.8) is 0 Å². The van der Waals surface area contributed by atoms with E-state index in [1.165, 1.54) is 0 Å². The molecular weight excluding hydrogens is 338 g/mol. The van der Waals surface area contributed by atoms with Crippen LogP contribution in [0.1, 0.15) is 10.5 Å². The van der Waals surface area contributed by atoms with Gasteiger partial charge in [-0.15, -0.1) is 0 Å². The van der Waals surface area contributed by atoms with Crippen molar-refractivity contribution in [2.45, 2.75) is 0 Å². The first-order valence-electron chi connectivity index (χ1n) is 8.55. The normalized spacial score (nSPS) is 11.1. The Bertz CT molecular complexity index is 1270. The van der Waals surface area contributed by atoms with Crippen LogP contribution in [0.5, 0.6) is 0 Å². The van der Waals surface area contributed by atoms with Crippen molar-refractivity contribution in [3.8, 4) is 11.1 Å². The first-order chi connectivity index (χ1) is 13.3. The summed E-state index contributed by atoms with van der Waals surface area (Å²) in [6.45, 7) is 0. The fourth-order valence-corrected chi connectivity index (χ4v) is 3.23. The Hall–Kier alpha value is -3.93. The quantitative estimate of drug-likeness (QED) is 0.450. The molecule has 1 amide bonds. The SMILES string of the molecule is O=C(Nc1cc(-c2ccc3cc[nH]c3c2)cc2[nH]ncc12)c1ccccn1. The number of anilines is 1. The van der Waals surface area contributed by atoms with Crippen molar-refractivity contribution in [3.05, 3.63) is 78.9 Å². The Kier molecular flexibility index (Phi) is 3.47. The summed E-state index contributed by atoms with van der Waals surface area (Å²) < 4.78 is 0. The Labute approximate surface area is 154 Å². The second-order valence-corrected chi connectivity index (χ2v) is 6.30. The molecule has 0 aliphatic carbocycles. The van der Waals surface area contributed by atoms with Crippen molar-refractivity contribution in [1.29, 1.82) is 0 Å². The highest BCUT2D eigenvalue weighted by atomic mass is 16.1. The number of aromatic nitrogens is 4. The molecule has 6 nitrogen and oxygen atoms in total. The van der Waals surface area contributed by atoms with Gasteiger partial charge in [0.05, 0.1) is 17.4 Å². The largest absolute Gasteiger partial charge is 0.361 e. The molecule has 3 N–H and O–H groups in total. The topological polar surface area (TPSA) is 86.5 Å². The number of aromatic amines is 2. The molecule has 3 aromatic heterocycles.